The van der Waals surface area contributed by atoms with Gasteiger partial charge in [-0.25, -0.2) is 9.59 Å². The fourth-order valence-corrected chi connectivity index (χ4v) is 1.49. The first-order valence-electron chi connectivity index (χ1n) is 5.92. The maximum atomic E-state index is 11.7. The minimum absolute atomic E-state index is 0.0254. The molecule has 3 N–H and O–H groups in total. The summed E-state index contributed by atoms with van der Waals surface area (Å²) in [5.41, 5.74) is 0.571. The number of hydrogen-bond acceptors (Lipinski definition) is 3. The van der Waals surface area contributed by atoms with Gasteiger partial charge in [0.1, 0.15) is 0 Å². The molecule has 0 aliphatic heterocycles. The number of nitrogens with one attached hydrogen (secondary N) is 2. The zero-order chi connectivity index (χ0) is 14.3. The number of aromatic carboxylic acids is 1. The third-order valence-electron chi connectivity index (χ3n) is 2.50. The van der Waals surface area contributed by atoms with Gasteiger partial charge >= 0.3 is 12.0 Å². The van der Waals surface area contributed by atoms with E-state index in [2.05, 4.69) is 10.6 Å². The average Bonchev–Trinajstić information content (AvgIpc) is 2.36. The summed E-state index contributed by atoms with van der Waals surface area (Å²) in [7, 11) is 1.60. The van der Waals surface area contributed by atoms with Gasteiger partial charge in [-0.05, 0) is 31.5 Å². The van der Waals surface area contributed by atoms with Gasteiger partial charge in [0.15, 0.2) is 0 Å². The molecular formula is C13H18N2O4. The molecule has 104 valence electrons. The first kappa shape index (κ1) is 15.0. The summed E-state index contributed by atoms with van der Waals surface area (Å²) in [4.78, 5) is 22.4. The molecule has 0 spiro atoms. The molecule has 0 aliphatic carbocycles. The van der Waals surface area contributed by atoms with Crippen LogP contribution in [0.2, 0.25) is 0 Å². The molecule has 1 unspecified atom stereocenters. The summed E-state index contributed by atoms with van der Waals surface area (Å²) in [6.07, 6.45) is 0.707. The topological polar surface area (TPSA) is 87.7 Å². The first-order chi connectivity index (χ1) is 9.02. The lowest BCUT2D eigenvalue weighted by Crippen LogP contribution is -2.36. The molecule has 0 saturated carbocycles. The molecular weight excluding hydrogens is 248 g/mol. The number of ether oxygens (including phenoxy) is 1. The number of amides is 2. The Hall–Kier alpha value is -2.08. The Labute approximate surface area is 111 Å². The van der Waals surface area contributed by atoms with Crippen LogP contribution in [0.25, 0.3) is 0 Å². The van der Waals surface area contributed by atoms with Gasteiger partial charge in [-0.3, -0.25) is 0 Å². The highest BCUT2D eigenvalue weighted by molar-refractivity contribution is 5.93. The van der Waals surface area contributed by atoms with Gasteiger partial charge in [-0.15, -0.1) is 0 Å². The predicted molar refractivity (Wildman–Crippen MR) is 71.5 cm³/mol. The van der Waals surface area contributed by atoms with Gasteiger partial charge in [-0.1, -0.05) is 6.07 Å². The van der Waals surface area contributed by atoms with Crippen molar-refractivity contribution in [2.75, 3.05) is 19.0 Å². The number of methoxy groups -OCH3 is 1. The molecule has 19 heavy (non-hydrogen) atoms. The molecule has 0 aromatic heterocycles. The fraction of sp³-hybridized carbons (Fsp3) is 0.385. The number of hydrogen-bond donors (Lipinski definition) is 3. The van der Waals surface area contributed by atoms with Crippen LogP contribution in [0.5, 0.6) is 0 Å². The Balaban J connectivity index is 2.52. The van der Waals surface area contributed by atoms with Crippen LogP contribution in [0.1, 0.15) is 23.7 Å². The van der Waals surface area contributed by atoms with Gasteiger partial charge in [0.2, 0.25) is 0 Å². The van der Waals surface area contributed by atoms with E-state index in [1.54, 1.807) is 19.2 Å². The van der Waals surface area contributed by atoms with Crippen LogP contribution in [0, 0.1) is 0 Å². The van der Waals surface area contributed by atoms with Crippen molar-refractivity contribution in [2.24, 2.45) is 0 Å². The highest BCUT2D eigenvalue weighted by Gasteiger charge is 2.08. The Kier molecular flexibility index (Phi) is 5.81. The lowest BCUT2D eigenvalue weighted by Gasteiger charge is -2.14. The molecule has 0 radical (unpaired) electrons. The van der Waals surface area contributed by atoms with Gasteiger partial charge < -0.3 is 20.5 Å². The van der Waals surface area contributed by atoms with Gasteiger partial charge in [0, 0.05) is 25.4 Å². The van der Waals surface area contributed by atoms with Crippen molar-refractivity contribution in [3.8, 4) is 0 Å². The second-order valence-corrected chi connectivity index (χ2v) is 4.17. The van der Waals surface area contributed by atoms with Crippen molar-refractivity contribution < 1.29 is 19.4 Å². The van der Waals surface area contributed by atoms with Crippen molar-refractivity contribution in [1.29, 1.82) is 0 Å². The number of urea groups is 1. The van der Waals surface area contributed by atoms with Gasteiger partial charge in [0.05, 0.1) is 5.56 Å². The number of carboxylic acid groups (broad SMARTS) is 1. The first-order valence-corrected chi connectivity index (χ1v) is 5.92. The maximum absolute atomic E-state index is 11.7. The third-order valence-corrected chi connectivity index (χ3v) is 2.50. The van der Waals surface area contributed by atoms with Crippen molar-refractivity contribution in [2.45, 2.75) is 19.4 Å². The van der Waals surface area contributed by atoms with Crippen molar-refractivity contribution >= 4 is 17.7 Å². The Morgan fingerprint density at radius 3 is 2.79 bits per heavy atom. The van der Waals surface area contributed by atoms with Crippen molar-refractivity contribution in [3.05, 3.63) is 29.8 Å². The largest absolute Gasteiger partial charge is 0.478 e. The molecule has 0 saturated heterocycles. The monoisotopic (exact) mass is 266 g/mol. The normalized spacial score (nSPS) is 11.7. The second-order valence-electron chi connectivity index (χ2n) is 4.17. The van der Waals surface area contributed by atoms with Gasteiger partial charge in [0.25, 0.3) is 0 Å². The Morgan fingerprint density at radius 2 is 2.16 bits per heavy atom. The van der Waals surface area contributed by atoms with Crippen LogP contribution in [-0.4, -0.2) is 36.9 Å². The van der Waals surface area contributed by atoms with Crippen LogP contribution in [-0.2, 0) is 4.74 Å². The Morgan fingerprint density at radius 1 is 1.42 bits per heavy atom. The zero-order valence-electron chi connectivity index (χ0n) is 11.0. The standard InChI is InChI=1S/C13H18N2O4/c1-9(6-7-19-2)14-13(18)15-11-5-3-4-10(8-11)12(16)17/h3-5,8-9H,6-7H2,1-2H3,(H,16,17)(H2,14,15,18). The second kappa shape index (κ2) is 7.38. The van der Waals surface area contributed by atoms with E-state index in [4.69, 9.17) is 9.84 Å². The van der Waals surface area contributed by atoms with Crippen LogP contribution in [0.15, 0.2) is 24.3 Å². The lowest BCUT2D eigenvalue weighted by atomic mass is 10.2. The van der Waals surface area contributed by atoms with E-state index >= 15 is 0 Å². The smallest absolute Gasteiger partial charge is 0.335 e. The molecule has 1 atom stereocenters. The zero-order valence-corrected chi connectivity index (χ0v) is 11.0. The molecule has 1 rings (SSSR count). The van der Waals surface area contributed by atoms with E-state index in [-0.39, 0.29) is 17.6 Å². The summed E-state index contributed by atoms with van der Waals surface area (Å²) >= 11 is 0. The van der Waals surface area contributed by atoms with Crippen LogP contribution in [0.3, 0.4) is 0 Å². The van der Waals surface area contributed by atoms with Gasteiger partial charge in [-0.2, -0.15) is 0 Å². The molecule has 0 heterocycles. The number of carboxylic acids is 1. The number of benzene rings is 1. The van der Waals surface area contributed by atoms with Crippen molar-refractivity contribution in [3.63, 3.8) is 0 Å². The van der Waals surface area contributed by atoms with E-state index < -0.39 is 5.97 Å². The van der Waals surface area contributed by atoms with E-state index in [1.807, 2.05) is 6.92 Å². The fourth-order valence-electron chi connectivity index (χ4n) is 1.49. The highest BCUT2D eigenvalue weighted by Crippen LogP contribution is 2.10. The number of carbonyl (C=O) groups is 2. The molecule has 0 bridgehead atoms. The maximum Gasteiger partial charge on any atom is 0.335 e. The quantitative estimate of drug-likeness (QED) is 0.734. The molecule has 0 aliphatic rings. The van der Waals surface area contributed by atoms with Crippen molar-refractivity contribution in [1.82, 2.24) is 5.32 Å². The SMILES string of the molecule is COCCC(C)NC(=O)Nc1cccc(C(=O)O)c1. The summed E-state index contributed by atoms with van der Waals surface area (Å²) in [6.45, 7) is 2.43. The third kappa shape index (κ3) is 5.39. The molecule has 1 aromatic carbocycles. The lowest BCUT2D eigenvalue weighted by molar-refractivity contribution is 0.0697. The predicted octanol–water partition coefficient (Wildman–Crippen LogP) is 1.93. The minimum atomic E-state index is -1.03. The summed E-state index contributed by atoms with van der Waals surface area (Å²) < 4.78 is 4.92. The molecule has 0 fully saturated rings. The summed E-state index contributed by atoms with van der Waals surface area (Å²) in [5, 5.41) is 14.2. The average molecular weight is 266 g/mol. The number of rotatable bonds is 6. The number of anilines is 1. The van der Waals surface area contributed by atoms with E-state index in [1.165, 1.54) is 12.1 Å². The molecule has 1 aromatic rings. The Bertz CT molecular complexity index is 448. The van der Waals surface area contributed by atoms with E-state index in [0.717, 1.165) is 0 Å². The van der Waals surface area contributed by atoms with Crippen LogP contribution < -0.4 is 10.6 Å². The number of carbonyl (C=O) groups excluding carboxylic acids is 1. The molecule has 6 nitrogen and oxygen atoms in total. The molecule has 2 amide bonds. The molecule has 6 heteroatoms. The minimum Gasteiger partial charge on any atom is -0.478 e. The van der Waals surface area contributed by atoms with E-state index in [9.17, 15) is 9.59 Å². The van der Waals surface area contributed by atoms with Crippen LogP contribution in [0.4, 0.5) is 10.5 Å². The highest BCUT2D eigenvalue weighted by atomic mass is 16.5. The van der Waals surface area contributed by atoms with Crippen LogP contribution >= 0.6 is 0 Å². The summed E-state index contributed by atoms with van der Waals surface area (Å²) in [6, 6.07) is 5.68. The van der Waals surface area contributed by atoms with E-state index in [0.29, 0.717) is 18.7 Å². The summed E-state index contributed by atoms with van der Waals surface area (Å²) in [5.74, 6) is -1.03.